The fraction of sp³-hybridized carbons (Fsp3) is 1.00. The van der Waals surface area contributed by atoms with Crippen LogP contribution in [0.1, 0.15) is 13.8 Å². The Hall–Kier alpha value is 0.140. The molecule has 0 amide bonds. The number of phosphoric ester groups is 2. The van der Waals surface area contributed by atoms with Crippen LogP contribution in [0.4, 0.5) is 0 Å². The van der Waals surface area contributed by atoms with Gasteiger partial charge >= 0.3 is 15.6 Å². The summed E-state index contributed by atoms with van der Waals surface area (Å²) in [6.07, 6.45) is -6.01. The molecule has 0 heterocycles. The first kappa shape index (κ1) is 18.2. The zero-order chi connectivity index (χ0) is 15.9. The number of rotatable bonds is 4. The summed E-state index contributed by atoms with van der Waals surface area (Å²) in [5.41, 5.74) is 0. The van der Waals surface area contributed by atoms with Crippen molar-refractivity contribution in [2.24, 2.45) is 11.8 Å². The molecule has 6 unspecified atom stereocenters. The minimum absolute atomic E-state index is 0.821. The molecule has 6 N–H and O–H groups in total. The molecule has 0 spiro atoms. The van der Waals surface area contributed by atoms with Crippen LogP contribution >= 0.6 is 15.6 Å². The highest BCUT2D eigenvalue weighted by molar-refractivity contribution is 7.46. The Kier molecular flexibility index (Phi) is 5.55. The third kappa shape index (κ3) is 4.57. The van der Waals surface area contributed by atoms with Gasteiger partial charge in [0.25, 0.3) is 0 Å². The fourth-order valence-corrected chi connectivity index (χ4v) is 3.45. The fourth-order valence-electron chi connectivity index (χ4n) is 2.26. The van der Waals surface area contributed by atoms with E-state index in [2.05, 4.69) is 9.05 Å². The lowest BCUT2D eigenvalue weighted by atomic mass is 9.75. The van der Waals surface area contributed by atoms with Gasteiger partial charge in [-0.1, -0.05) is 13.8 Å². The van der Waals surface area contributed by atoms with E-state index in [1.165, 1.54) is 13.8 Å². The van der Waals surface area contributed by atoms with E-state index in [0.717, 1.165) is 0 Å². The van der Waals surface area contributed by atoms with Gasteiger partial charge < -0.3 is 29.8 Å². The second-order valence-corrected chi connectivity index (χ2v) is 7.20. The highest BCUT2D eigenvalue weighted by Crippen LogP contribution is 2.48. The van der Waals surface area contributed by atoms with Gasteiger partial charge in [-0.2, -0.15) is 0 Å². The van der Waals surface area contributed by atoms with Crippen molar-refractivity contribution in [2.45, 2.75) is 38.3 Å². The number of hydrogen-bond donors (Lipinski definition) is 6. The van der Waals surface area contributed by atoms with Crippen molar-refractivity contribution >= 4 is 15.6 Å². The Labute approximate surface area is 114 Å². The van der Waals surface area contributed by atoms with Gasteiger partial charge in [0, 0.05) is 11.8 Å². The molecule has 1 fully saturated rings. The van der Waals surface area contributed by atoms with Crippen LogP contribution in [0.3, 0.4) is 0 Å². The average molecular weight is 336 g/mol. The quantitative estimate of drug-likeness (QED) is 0.347. The van der Waals surface area contributed by atoms with E-state index >= 15 is 0 Å². The normalized spacial score (nSPS) is 39.8. The van der Waals surface area contributed by atoms with Crippen LogP contribution < -0.4 is 0 Å². The van der Waals surface area contributed by atoms with Crippen molar-refractivity contribution < 1.29 is 48.0 Å². The monoisotopic (exact) mass is 336 g/mol. The lowest BCUT2D eigenvalue weighted by molar-refractivity contribution is -0.163. The van der Waals surface area contributed by atoms with Crippen molar-refractivity contribution in [3.63, 3.8) is 0 Å². The predicted octanol–water partition coefficient (Wildman–Crippen LogP) is -1.05. The molecular formula is C8H18O10P2. The van der Waals surface area contributed by atoms with Gasteiger partial charge in [-0.25, -0.2) is 9.13 Å². The molecule has 0 aromatic rings. The van der Waals surface area contributed by atoms with Crippen LogP contribution in [0, 0.1) is 11.8 Å². The molecule has 1 aliphatic rings. The molecule has 0 radical (unpaired) electrons. The van der Waals surface area contributed by atoms with Gasteiger partial charge in [-0.05, 0) is 0 Å². The maximum atomic E-state index is 10.9. The summed E-state index contributed by atoms with van der Waals surface area (Å²) >= 11 is 0. The molecule has 0 saturated heterocycles. The molecule has 0 aromatic carbocycles. The van der Waals surface area contributed by atoms with Gasteiger partial charge in [0.2, 0.25) is 0 Å². The number of aliphatic hydroxyl groups is 2. The molecule has 1 rings (SSSR count). The maximum Gasteiger partial charge on any atom is 0.470 e. The standard InChI is InChI=1S/C8H18O10P2/c1-3-5(9)4(2)7(17-19(11,12)13)8(6(3)10)18-20(14,15)16/h3-10H,1-2H3,(H2,11,12,13)(H2,14,15,16). The van der Waals surface area contributed by atoms with E-state index in [1.54, 1.807) is 0 Å². The van der Waals surface area contributed by atoms with Crippen molar-refractivity contribution in [2.75, 3.05) is 0 Å². The molecule has 0 bridgehead atoms. The molecule has 0 aromatic heterocycles. The third-order valence-corrected chi connectivity index (χ3v) is 4.35. The van der Waals surface area contributed by atoms with Crippen molar-refractivity contribution in [1.29, 1.82) is 0 Å². The lowest BCUT2D eigenvalue weighted by Gasteiger charge is -2.44. The van der Waals surface area contributed by atoms with Crippen LogP contribution in [0.25, 0.3) is 0 Å². The summed E-state index contributed by atoms with van der Waals surface area (Å²) in [4.78, 5) is 35.3. The Bertz CT molecular complexity index is 389. The number of aliphatic hydroxyl groups excluding tert-OH is 2. The molecule has 10 nitrogen and oxygen atoms in total. The van der Waals surface area contributed by atoms with E-state index in [-0.39, 0.29) is 0 Å². The summed E-state index contributed by atoms with van der Waals surface area (Å²) in [5, 5.41) is 19.8. The van der Waals surface area contributed by atoms with E-state index in [9.17, 15) is 19.3 Å². The maximum absolute atomic E-state index is 10.9. The summed E-state index contributed by atoms with van der Waals surface area (Å²) in [7, 11) is -10.0. The van der Waals surface area contributed by atoms with Gasteiger partial charge in [0.15, 0.2) is 0 Å². The highest BCUT2D eigenvalue weighted by Gasteiger charge is 2.51. The molecule has 1 saturated carbocycles. The number of hydrogen-bond acceptors (Lipinski definition) is 6. The number of phosphoric acid groups is 2. The molecule has 1 aliphatic carbocycles. The Balaban J connectivity index is 3.09. The minimum atomic E-state index is -5.02. The first-order chi connectivity index (χ1) is 8.83. The largest absolute Gasteiger partial charge is 0.470 e. The third-order valence-electron chi connectivity index (χ3n) is 3.31. The van der Waals surface area contributed by atoms with Gasteiger partial charge in [0.1, 0.15) is 12.2 Å². The Morgan fingerprint density at radius 2 is 1.15 bits per heavy atom. The van der Waals surface area contributed by atoms with Gasteiger partial charge in [0.05, 0.1) is 12.2 Å². The van der Waals surface area contributed by atoms with Crippen molar-refractivity contribution in [3.8, 4) is 0 Å². The Morgan fingerprint density at radius 3 is 1.55 bits per heavy atom. The first-order valence-corrected chi connectivity index (χ1v) is 8.73. The summed E-state index contributed by atoms with van der Waals surface area (Å²) in [5.74, 6) is -1.74. The van der Waals surface area contributed by atoms with E-state index in [0.29, 0.717) is 0 Å². The molecule has 6 atom stereocenters. The molecule has 12 heteroatoms. The predicted molar refractivity (Wildman–Crippen MR) is 64.2 cm³/mol. The highest BCUT2D eigenvalue weighted by atomic mass is 31.2. The first-order valence-electron chi connectivity index (χ1n) is 5.67. The van der Waals surface area contributed by atoms with E-state index in [1.807, 2.05) is 0 Å². The van der Waals surface area contributed by atoms with Gasteiger partial charge in [-0.15, -0.1) is 0 Å². The van der Waals surface area contributed by atoms with E-state index < -0.39 is 51.9 Å². The molecule has 0 aliphatic heterocycles. The summed E-state index contributed by atoms with van der Waals surface area (Å²) in [6, 6.07) is 0. The van der Waals surface area contributed by atoms with Gasteiger partial charge in [-0.3, -0.25) is 9.05 Å². The average Bonchev–Trinajstić information content (AvgIpc) is 2.25. The zero-order valence-electron chi connectivity index (χ0n) is 10.7. The molecular weight excluding hydrogens is 318 g/mol. The SMILES string of the molecule is CC1C(O)C(C)C(OP(=O)(O)O)C(OP(=O)(O)O)C1O. The molecule has 20 heavy (non-hydrogen) atoms. The van der Waals surface area contributed by atoms with Crippen LogP contribution in [-0.2, 0) is 18.2 Å². The van der Waals surface area contributed by atoms with E-state index in [4.69, 9.17) is 19.6 Å². The van der Waals surface area contributed by atoms with Crippen molar-refractivity contribution in [1.82, 2.24) is 0 Å². The van der Waals surface area contributed by atoms with Crippen LogP contribution in [0.5, 0.6) is 0 Å². The second kappa shape index (κ2) is 6.10. The van der Waals surface area contributed by atoms with Crippen LogP contribution in [0.15, 0.2) is 0 Å². The summed E-state index contributed by atoms with van der Waals surface area (Å²) in [6.45, 7) is 2.78. The Morgan fingerprint density at radius 1 is 0.750 bits per heavy atom. The minimum Gasteiger partial charge on any atom is -0.392 e. The molecule has 120 valence electrons. The lowest BCUT2D eigenvalue weighted by Crippen LogP contribution is -2.57. The topological polar surface area (TPSA) is 174 Å². The van der Waals surface area contributed by atoms with Crippen LogP contribution in [-0.4, -0.2) is 54.2 Å². The zero-order valence-corrected chi connectivity index (χ0v) is 12.5. The van der Waals surface area contributed by atoms with Crippen LogP contribution in [0.2, 0.25) is 0 Å². The smallest absolute Gasteiger partial charge is 0.392 e. The second-order valence-electron chi connectivity index (χ2n) is 4.82. The van der Waals surface area contributed by atoms with Crippen molar-refractivity contribution in [3.05, 3.63) is 0 Å². The summed E-state index contributed by atoms with van der Waals surface area (Å²) < 4.78 is 30.6.